The molecule has 0 saturated carbocycles. The maximum absolute atomic E-state index is 11.2. The van der Waals surface area contributed by atoms with Gasteiger partial charge in [-0.3, -0.25) is 14.3 Å². The summed E-state index contributed by atoms with van der Waals surface area (Å²) in [5, 5.41) is 17.6. The molecule has 0 bridgehead atoms. The zero-order valence-electron chi connectivity index (χ0n) is 13.0. The molecule has 3 aromatic rings. The number of aromatic nitrogens is 4. The lowest BCUT2D eigenvalue weighted by molar-refractivity contribution is -0.136. The van der Waals surface area contributed by atoms with E-state index in [2.05, 4.69) is 15.2 Å². The van der Waals surface area contributed by atoms with E-state index in [9.17, 15) is 4.79 Å². The third-order valence-electron chi connectivity index (χ3n) is 3.45. The fourth-order valence-electron chi connectivity index (χ4n) is 2.20. The average Bonchev–Trinajstić information content (AvgIpc) is 2.99. The second-order valence-electron chi connectivity index (χ2n) is 5.22. The average molecular weight is 340 g/mol. The molecule has 1 aromatic carbocycles. The minimum absolute atomic E-state index is 0.562. The van der Waals surface area contributed by atoms with Gasteiger partial charge in [0.15, 0.2) is 11.0 Å². The van der Waals surface area contributed by atoms with Crippen LogP contribution >= 0.6 is 11.8 Å². The summed E-state index contributed by atoms with van der Waals surface area (Å²) in [6.07, 6.45) is 3.42. The van der Waals surface area contributed by atoms with Crippen molar-refractivity contribution in [2.24, 2.45) is 0 Å². The van der Waals surface area contributed by atoms with E-state index in [-0.39, 0.29) is 0 Å². The van der Waals surface area contributed by atoms with Crippen molar-refractivity contribution in [3.63, 3.8) is 0 Å². The lowest BCUT2D eigenvalue weighted by atomic mass is 10.2. The van der Waals surface area contributed by atoms with E-state index in [1.807, 2.05) is 47.0 Å². The van der Waals surface area contributed by atoms with Gasteiger partial charge in [0.1, 0.15) is 5.25 Å². The lowest BCUT2D eigenvalue weighted by Crippen LogP contribution is -2.13. The van der Waals surface area contributed by atoms with Crippen molar-refractivity contribution < 1.29 is 9.90 Å². The zero-order chi connectivity index (χ0) is 16.9. The highest BCUT2D eigenvalue weighted by Gasteiger charge is 2.20. The number of nitrogens with zero attached hydrogens (tertiary/aromatic N) is 4. The highest BCUT2D eigenvalue weighted by atomic mass is 32.2. The number of benzene rings is 1. The van der Waals surface area contributed by atoms with Gasteiger partial charge in [-0.1, -0.05) is 42.1 Å². The molecule has 1 N–H and O–H groups in total. The van der Waals surface area contributed by atoms with Crippen molar-refractivity contribution in [2.45, 2.75) is 23.9 Å². The number of carboxylic acid groups (broad SMARTS) is 1. The lowest BCUT2D eigenvalue weighted by Gasteiger charge is -2.11. The summed E-state index contributed by atoms with van der Waals surface area (Å²) in [4.78, 5) is 15.3. The van der Waals surface area contributed by atoms with Crippen LogP contribution in [0.1, 0.15) is 12.5 Å². The quantitative estimate of drug-likeness (QED) is 0.695. The van der Waals surface area contributed by atoms with E-state index in [1.165, 1.54) is 11.8 Å². The standard InChI is InChI=1S/C17H16N4O2S/c1-12(16(22)23)24-17-20-19-15(14-8-5-9-18-10-14)21(17)11-13-6-3-2-4-7-13/h2-10,12H,11H2,1H3,(H,22,23)/t12-/m1/s1. The van der Waals surface area contributed by atoms with Crippen LogP contribution in [0.5, 0.6) is 0 Å². The molecular weight excluding hydrogens is 324 g/mol. The van der Waals surface area contributed by atoms with Crippen molar-refractivity contribution in [3.05, 3.63) is 60.4 Å². The first-order chi connectivity index (χ1) is 11.6. The van der Waals surface area contributed by atoms with Gasteiger partial charge in [-0.25, -0.2) is 0 Å². The Labute approximate surface area is 143 Å². The van der Waals surface area contributed by atoms with E-state index in [0.717, 1.165) is 11.1 Å². The largest absolute Gasteiger partial charge is 0.480 e. The minimum atomic E-state index is -0.878. The summed E-state index contributed by atoms with van der Waals surface area (Å²) < 4.78 is 1.93. The fourth-order valence-corrected chi connectivity index (χ4v) is 2.98. The predicted molar refractivity (Wildman–Crippen MR) is 91.8 cm³/mol. The Balaban J connectivity index is 2.00. The number of hydrogen-bond donors (Lipinski definition) is 1. The summed E-state index contributed by atoms with van der Waals surface area (Å²) in [5.41, 5.74) is 1.93. The molecule has 122 valence electrons. The summed E-state index contributed by atoms with van der Waals surface area (Å²) >= 11 is 1.18. The third kappa shape index (κ3) is 3.62. The topological polar surface area (TPSA) is 80.9 Å². The van der Waals surface area contributed by atoms with Gasteiger partial charge in [-0.2, -0.15) is 0 Å². The molecule has 0 saturated heterocycles. The Morgan fingerprint density at radius 2 is 2.00 bits per heavy atom. The molecule has 0 aliphatic carbocycles. The molecule has 0 aliphatic rings. The summed E-state index contributed by atoms with van der Waals surface area (Å²) in [6.45, 7) is 2.20. The van der Waals surface area contributed by atoms with Crippen LogP contribution in [0.25, 0.3) is 11.4 Å². The first-order valence-electron chi connectivity index (χ1n) is 7.42. The van der Waals surface area contributed by atoms with Gasteiger partial charge >= 0.3 is 5.97 Å². The highest BCUT2D eigenvalue weighted by Crippen LogP contribution is 2.27. The minimum Gasteiger partial charge on any atom is -0.480 e. The van der Waals surface area contributed by atoms with Crippen molar-refractivity contribution in [3.8, 4) is 11.4 Å². The maximum atomic E-state index is 11.2. The number of carboxylic acids is 1. The molecule has 2 heterocycles. The molecule has 0 aliphatic heterocycles. The predicted octanol–water partition coefficient (Wildman–Crippen LogP) is 2.95. The van der Waals surface area contributed by atoms with Crippen LogP contribution in [0.15, 0.2) is 60.0 Å². The summed E-state index contributed by atoms with van der Waals surface area (Å²) in [7, 11) is 0. The molecule has 3 rings (SSSR count). The molecule has 0 radical (unpaired) electrons. The Morgan fingerprint density at radius 1 is 1.21 bits per heavy atom. The number of aliphatic carboxylic acids is 1. The number of thioether (sulfide) groups is 1. The van der Waals surface area contributed by atoms with Crippen LogP contribution in [-0.4, -0.2) is 36.1 Å². The number of carbonyl (C=O) groups is 1. The van der Waals surface area contributed by atoms with Crippen LogP contribution in [0, 0.1) is 0 Å². The van der Waals surface area contributed by atoms with E-state index >= 15 is 0 Å². The Morgan fingerprint density at radius 3 is 2.67 bits per heavy atom. The van der Waals surface area contributed by atoms with Gasteiger partial charge in [0.2, 0.25) is 0 Å². The second kappa shape index (κ2) is 7.27. The number of hydrogen-bond acceptors (Lipinski definition) is 5. The van der Waals surface area contributed by atoms with Crippen molar-refractivity contribution in [1.82, 2.24) is 19.7 Å². The molecule has 6 nitrogen and oxygen atoms in total. The summed E-state index contributed by atoms with van der Waals surface area (Å²) in [6, 6.07) is 13.7. The number of pyridine rings is 1. The molecule has 1 atom stereocenters. The molecule has 0 spiro atoms. The monoisotopic (exact) mass is 340 g/mol. The van der Waals surface area contributed by atoms with E-state index in [4.69, 9.17) is 5.11 Å². The fraction of sp³-hybridized carbons (Fsp3) is 0.176. The highest BCUT2D eigenvalue weighted by molar-refractivity contribution is 8.00. The smallest absolute Gasteiger partial charge is 0.316 e. The first kappa shape index (κ1) is 16.2. The molecule has 2 aromatic heterocycles. The van der Waals surface area contributed by atoms with Crippen LogP contribution < -0.4 is 0 Å². The van der Waals surface area contributed by atoms with Crippen molar-refractivity contribution >= 4 is 17.7 Å². The second-order valence-corrected chi connectivity index (χ2v) is 6.53. The van der Waals surface area contributed by atoms with E-state index < -0.39 is 11.2 Å². The maximum Gasteiger partial charge on any atom is 0.316 e. The normalized spacial score (nSPS) is 12.0. The van der Waals surface area contributed by atoms with E-state index in [1.54, 1.807) is 19.3 Å². The van der Waals surface area contributed by atoms with E-state index in [0.29, 0.717) is 17.5 Å². The van der Waals surface area contributed by atoms with Gasteiger partial charge < -0.3 is 5.11 Å². The van der Waals surface area contributed by atoms with Crippen LogP contribution in [0.2, 0.25) is 0 Å². The third-order valence-corrected chi connectivity index (χ3v) is 4.52. The van der Waals surface area contributed by atoms with Crippen molar-refractivity contribution in [1.29, 1.82) is 0 Å². The molecular formula is C17H16N4O2S. The first-order valence-corrected chi connectivity index (χ1v) is 8.30. The Bertz CT molecular complexity index is 821. The number of rotatable bonds is 6. The Hall–Kier alpha value is -2.67. The molecule has 0 unspecified atom stereocenters. The van der Waals surface area contributed by atoms with Crippen LogP contribution in [0.3, 0.4) is 0 Å². The van der Waals surface area contributed by atoms with Gasteiger partial charge in [-0.05, 0) is 24.6 Å². The molecule has 7 heteroatoms. The van der Waals surface area contributed by atoms with Gasteiger partial charge in [-0.15, -0.1) is 10.2 Å². The zero-order valence-corrected chi connectivity index (χ0v) is 13.8. The SMILES string of the molecule is C[C@@H](Sc1nnc(-c2cccnc2)n1Cc1ccccc1)C(=O)O. The van der Waals surface area contributed by atoms with Crippen molar-refractivity contribution in [2.75, 3.05) is 0 Å². The van der Waals surface area contributed by atoms with Crippen LogP contribution in [0.4, 0.5) is 0 Å². The Kier molecular flexibility index (Phi) is 4.90. The van der Waals surface area contributed by atoms with Gasteiger partial charge in [0, 0.05) is 18.0 Å². The summed E-state index contributed by atoms with van der Waals surface area (Å²) in [5.74, 6) is -0.204. The van der Waals surface area contributed by atoms with Crippen LogP contribution in [-0.2, 0) is 11.3 Å². The van der Waals surface area contributed by atoms with Gasteiger partial charge in [0.05, 0.1) is 6.54 Å². The molecule has 0 amide bonds. The molecule has 24 heavy (non-hydrogen) atoms. The molecule has 0 fully saturated rings. The van der Waals surface area contributed by atoms with Gasteiger partial charge in [0.25, 0.3) is 0 Å².